The van der Waals surface area contributed by atoms with Crippen molar-refractivity contribution in [3.63, 3.8) is 0 Å². The number of anilines is 2. The fourth-order valence-corrected chi connectivity index (χ4v) is 1.72. The molecule has 0 amide bonds. The molecule has 1 aromatic heterocycles. The van der Waals surface area contributed by atoms with Gasteiger partial charge in [0.1, 0.15) is 5.75 Å². The molecule has 0 saturated carbocycles. The van der Waals surface area contributed by atoms with Crippen LogP contribution in [0, 0.1) is 0 Å². The highest BCUT2D eigenvalue weighted by Crippen LogP contribution is 2.20. The number of rotatable bonds is 5. The normalized spacial score (nSPS) is 10.3. The minimum atomic E-state index is 0.140. The fraction of sp³-hybridized carbons (Fsp3) is 0.357. The van der Waals surface area contributed by atoms with Crippen LogP contribution in [0.1, 0.15) is 18.9 Å². The molecule has 6 nitrogen and oxygen atoms in total. The first-order valence-corrected chi connectivity index (χ1v) is 6.54. The van der Waals surface area contributed by atoms with Gasteiger partial charge in [0, 0.05) is 14.1 Å². The largest absolute Gasteiger partial charge is 0.424 e. The van der Waals surface area contributed by atoms with Crippen LogP contribution in [0.25, 0.3) is 0 Å². The van der Waals surface area contributed by atoms with Crippen molar-refractivity contribution in [2.75, 3.05) is 24.7 Å². The summed E-state index contributed by atoms with van der Waals surface area (Å²) in [5.74, 6) is 1.29. The lowest BCUT2D eigenvalue weighted by atomic mass is 10.1. The van der Waals surface area contributed by atoms with Crippen LogP contribution in [0.5, 0.6) is 11.8 Å². The van der Waals surface area contributed by atoms with E-state index < -0.39 is 0 Å². The second kappa shape index (κ2) is 6.18. The molecule has 0 saturated heterocycles. The Bertz CT molecular complexity index is 568. The van der Waals surface area contributed by atoms with Gasteiger partial charge in [0.2, 0.25) is 11.9 Å². The summed E-state index contributed by atoms with van der Waals surface area (Å²) in [5.41, 5.74) is 6.93. The fourth-order valence-electron chi connectivity index (χ4n) is 1.72. The van der Waals surface area contributed by atoms with Gasteiger partial charge in [-0.2, -0.15) is 15.0 Å². The van der Waals surface area contributed by atoms with Gasteiger partial charge in [-0.1, -0.05) is 25.5 Å². The van der Waals surface area contributed by atoms with Crippen LogP contribution in [-0.2, 0) is 6.42 Å². The van der Waals surface area contributed by atoms with Crippen LogP contribution >= 0.6 is 0 Å². The Kier molecular flexibility index (Phi) is 4.34. The van der Waals surface area contributed by atoms with Gasteiger partial charge in [0.25, 0.3) is 0 Å². The number of nitrogen functional groups attached to an aromatic ring is 1. The number of ether oxygens (including phenoxy) is 1. The molecular weight excluding hydrogens is 254 g/mol. The third kappa shape index (κ3) is 3.57. The Morgan fingerprint density at radius 3 is 2.40 bits per heavy atom. The molecule has 0 unspecified atom stereocenters. The zero-order chi connectivity index (χ0) is 14.5. The van der Waals surface area contributed by atoms with Crippen molar-refractivity contribution in [3.05, 3.63) is 29.8 Å². The third-order valence-electron chi connectivity index (χ3n) is 2.69. The molecule has 0 aliphatic carbocycles. The molecule has 1 aromatic carbocycles. The maximum atomic E-state index is 5.65. The van der Waals surface area contributed by atoms with Crippen molar-refractivity contribution < 1.29 is 4.74 Å². The van der Waals surface area contributed by atoms with Gasteiger partial charge in [-0.25, -0.2) is 0 Å². The first-order valence-electron chi connectivity index (χ1n) is 6.54. The van der Waals surface area contributed by atoms with E-state index in [0.717, 1.165) is 12.8 Å². The van der Waals surface area contributed by atoms with E-state index in [1.807, 2.05) is 38.4 Å². The molecule has 0 fully saturated rings. The quantitative estimate of drug-likeness (QED) is 0.900. The smallest absolute Gasteiger partial charge is 0.328 e. The van der Waals surface area contributed by atoms with Crippen LogP contribution in [0.4, 0.5) is 11.9 Å². The topological polar surface area (TPSA) is 77.2 Å². The van der Waals surface area contributed by atoms with E-state index in [2.05, 4.69) is 21.9 Å². The second-order valence-corrected chi connectivity index (χ2v) is 4.67. The lowest BCUT2D eigenvalue weighted by molar-refractivity contribution is 0.440. The summed E-state index contributed by atoms with van der Waals surface area (Å²) in [6.45, 7) is 2.15. The molecule has 2 rings (SSSR count). The number of aryl methyl sites for hydroxylation is 1. The lowest BCUT2D eigenvalue weighted by Crippen LogP contribution is -2.15. The first kappa shape index (κ1) is 14.0. The van der Waals surface area contributed by atoms with E-state index in [9.17, 15) is 0 Å². The second-order valence-electron chi connectivity index (χ2n) is 4.67. The summed E-state index contributed by atoms with van der Waals surface area (Å²) >= 11 is 0. The highest BCUT2D eigenvalue weighted by atomic mass is 16.5. The summed E-state index contributed by atoms with van der Waals surface area (Å²) in [4.78, 5) is 13.9. The Morgan fingerprint density at radius 1 is 1.10 bits per heavy atom. The van der Waals surface area contributed by atoms with Crippen molar-refractivity contribution in [1.82, 2.24) is 15.0 Å². The Balaban J connectivity index is 2.16. The minimum absolute atomic E-state index is 0.140. The average molecular weight is 273 g/mol. The Morgan fingerprint density at radius 2 is 1.80 bits per heavy atom. The van der Waals surface area contributed by atoms with Gasteiger partial charge >= 0.3 is 6.01 Å². The summed E-state index contributed by atoms with van der Waals surface area (Å²) in [6, 6.07) is 8.08. The summed E-state index contributed by atoms with van der Waals surface area (Å²) in [5, 5.41) is 0. The van der Waals surface area contributed by atoms with Gasteiger partial charge in [-0.15, -0.1) is 0 Å². The molecule has 0 aliphatic heterocycles. The van der Waals surface area contributed by atoms with Crippen molar-refractivity contribution >= 4 is 11.9 Å². The molecule has 2 aromatic rings. The van der Waals surface area contributed by atoms with Gasteiger partial charge < -0.3 is 15.4 Å². The molecule has 0 spiro atoms. The average Bonchev–Trinajstić information content (AvgIpc) is 2.40. The maximum Gasteiger partial charge on any atom is 0.328 e. The van der Waals surface area contributed by atoms with Gasteiger partial charge in [-0.05, 0) is 24.1 Å². The van der Waals surface area contributed by atoms with E-state index in [4.69, 9.17) is 10.5 Å². The third-order valence-corrected chi connectivity index (χ3v) is 2.69. The highest BCUT2D eigenvalue weighted by molar-refractivity contribution is 5.36. The van der Waals surface area contributed by atoms with E-state index >= 15 is 0 Å². The van der Waals surface area contributed by atoms with Crippen molar-refractivity contribution in [2.45, 2.75) is 19.8 Å². The molecule has 1 heterocycles. The Hall–Kier alpha value is -2.37. The van der Waals surface area contributed by atoms with Crippen molar-refractivity contribution in [3.8, 4) is 11.8 Å². The van der Waals surface area contributed by atoms with Crippen molar-refractivity contribution in [1.29, 1.82) is 0 Å². The van der Waals surface area contributed by atoms with Gasteiger partial charge in [0.05, 0.1) is 0 Å². The van der Waals surface area contributed by atoms with E-state index in [1.54, 1.807) is 4.90 Å². The van der Waals surface area contributed by atoms with Crippen LogP contribution in [0.2, 0.25) is 0 Å². The molecule has 106 valence electrons. The summed E-state index contributed by atoms with van der Waals surface area (Å²) < 4.78 is 5.61. The molecular formula is C14H19N5O. The van der Waals surface area contributed by atoms with Crippen LogP contribution < -0.4 is 15.4 Å². The molecule has 0 bridgehead atoms. The number of aromatic nitrogens is 3. The lowest BCUT2D eigenvalue weighted by Gasteiger charge is -2.11. The van der Waals surface area contributed by atoms with E-state index in [1.165, 1.54) is 5.56 Å². The number of benzene rings is 1. The monoisotopic (exact) mass is 273 g/mol. The van der Waals surface area contributed by atoms with Crippen LogP contribution in [0.15, 0.2) is 24.3 Å². The highest BCUT2D eigenvalue weighted by Gasteiger charge is 2.08. The number of nitrogens with zero attached hydrogens (tertiary/aromatic N) is 4. The molecule has 2 N–H and O–H groups in total. The molecule has 6 heteroatoms. The zero-order valence-electron chi connectivity index (χ0n) is 12.0. The predicted molar refractivity (Wildman–Crippen MR) is 79.1 cm³/mol. The minimum Gasteiger partial charge on any atom is -0.424 e. The molecule has 0 aliphatic rings. The summed E-state index contributed by atoms with van der Waals surface area (Å²) in [7, 11) is 3.66. The maximum absolute atomic E-state index is 5.65. The number of hydrogen-bond acceptors (Lipinski definition) is 6. The van der Waals surface area contributed by atoms with E-state index in [-0.39, 0.29) is 12.0 Å². The van der Waals surface area contributed by atoms with E-state index in [0.29, 0.717) is 11.7 Å². The van der Waals surface area contributed by atoms with Crippen LogP contribution in [0.3, 0.4) is 0 Å². The Labute approximate surface area is 118 Å². The molecule has 20 heavy (non-hydrogen) atoms. The molecule has 0 radical (unpaired) electrons. The number of nitrogens with two attached hydrogens (primary N) is 1. The molecule has 0 atom stereocenters. The predicted octanol–water partition coefficient (Wildman–Crippen LogP) is 2.26. The van der Waals surface area contributed by atoms with Gasteiger partial charge in [-0.3, -0.25) is 0 Å². The summed E-state index contributed by atoms with van der Waals surface area (Å²) in [6.07, 6.45) is 2.18. The zero-order valence-corrected chi connectivity index (χ0v) is 12.0. The van der Waals surface area contributed by atoms with Gasteiger partial charge in [0.15, 0.2) is 0 Å². The van der Waals surface area contributed by atoms with Crippen molar-refractivity contribution in [2.24, 2.45) is 0 Å². The number of hydrogen-bond donors (Lipinski definition) is 1. The first-order chi connectivity index (χ1) is 9.58. The standard InChI is InChI=1S/C14H19N5O/c1-4-5-10-6-8-11(9-7-10)20-14-17-12(15)16-13(18-14)19(2)3/h6-9H,4-5H2,1-3H3,(H2,15,16,17,18). The SMILES string of the molecule is CCCc1ccc(Oc2nc(N)nc(N(C)C)n2)cc1. The van der Waals surface area contributed by atoms with Crippen LogP contribution in [-0.4, -0.2) is 29.0 Å².